The Labute approximate surface area is 114 Å². The van der Waals surface area contributed by atoms with Gasteiger partial charge in [-0.15, -0.1) is 0 Å². The monoisotopic (exact) mass is 256 g/mol. The molecule has 0 aliphatic rings. The van der Waals surface area contributed by atoms with E-state index in [2.05, 4.69) is 13.8 Å². The minimum absolute atomic E-state index is 0.170. The fraction of sp³-hybridized carbons (Fsp3) is 0.294. The molecule has 2 nitrogen and oxygen atoms in total. The first kappa shape index (κ1) is 13.5. The number of aromatic hydroxyl groups is 2. The number of hydrogen-bond acceptors (Lipinski definition) is 2. The number of phenols is 2. The van der Waals surface area contributed by atoms with Crippen molar-refractivity contribution in [3.05, 3.63) is 58.7 Å². The molecule has 0 heterocycles. The van der Waals surface area contributed by atoms with E-state index in [1.165, 1.54) is 5.56 Å². The van der Waals surface area contributed by atoms with Crippen LogP contribution in [-0.4, -0.2) is 10.2 Å². The third-order valence-corrected chi connectivity index (χ3v) is 3.80. The second kappa shape index (κ2) is 4.61. The summed E-state index contributed by atoms with van der Waals surface area (Å²) in [5.41, 5.74) is 4.10. The summed E-state index contributed by atoms with van der Waals surface area (Å²) in [5, 5.41) is 19.2. The average molecular weight is 256 g/mol. The van der Waals surface area contributed by atoms with Gasteiger partial charge in [0.05, 0.1) is 0 Å². The van der Waals surface area contributed by atoms with Gasteiger partial charge in [0.1, 0.15) is 11.5 Å². The molecular formula is C17H20O2. The van der Waals surface area contributed by atoms with Crippen molar-refractivity contribution in [2.45, 2.75) is 33.1 Å². The van der Waals surface area contributed by atoms with E-state index in [0.717, 1.165) is 16.7 Å². The van der Waals surface area contributed by atoms with Crippen LogP contribution in [0, 0.1) is 13.8 Å². The van der Waals surface area contributed by atoms with Gasteiger partial charge >= 0.3 is 0 Å². The first-order valence-electron chi connectivity index (χ1n) is 6.42. The summed E-state index contributed by atoms with van der Waals surface area (Å²) in [4.78, 5) is 0. The Balaban J connectivity index is 2.54. The Morgan fingerprint density at radius 1 is 0.842 bits per heavy atom. The molecule has 2 heteroatoms. The molecule has 0 amide bonds. The normalized spacial score (nSPS) is 11.6. The summed E-state index contributed by atoms with van der Waals surface area (Å²) < 4.78 is 0. The predicted molar refractivity (Wildman–Crippen MR) is 77.8 cm³/mol. The summed E-state index contributed by atoms with van der Waals surface area (Å²) >= 11 is 0. The second-order valence-corrected chi connectivity index (χ2v) is 5.63. The Morgan fingerprint density at radius 2 is 1.53 bits per heavy atom. The molecule has 19 heavy (non-hydrogen) atoms. The lowest BCUT2D eigenvalue weighted by Crippen LogP contribution is -2.20. The van der Waals surface area contributed by atoms with E-state index in [-0.39, 0.29) is 5.41 Å². The molecule has 0 aromatic heterocycles. The molecule has 2 aromatic rings. The van der Waals surface area contributed by atoms with Gasteiger partial charge in [0.25, 0.3) is 0 Å². The molecule has 2 rings (SSSR count). The molecule has 0 saturated heterocycles. The lowest BCUT2D eigenvalue weighted by Gasteiger charge is -2.28. The first-order chi connectivity index (χ1) is 8.82. The Bertz CT molecular complexity index is 613. The van der Waals surface area contributed by atoms with Crippen LogP contribution in [0.1, 0.15) is 36.1 Å². The van der Waals surface area contributed by atoms with Crippen LogP contribution in [0.5, 0.6) is 11.5 Å². The lowest BCUT2D eigenvalue weighted by molar-refractivity contribution is 0.470. The fourth-order valence-electron chi connectivity index (χ4n) is 2.55. The molecule has 0 fully saturated rings. The third-order valence-electron chi connectivity index (χ3n) is 3.80. The maximum atomic E-state index is 9.64. The molecule has 2 N–H and O–H groups in total. The van der Waals surface area contributed by atoms with Crippen LogP contribution >= 0.6 is 0 Å². The highest BCUT2D eigenvalue weighted by atomic mass is 16.3. The van der Waals surface area contributed by atoms with Crippen LogP contribution in [0.25, 0.3) is 0 Å². The van der Waals surface area contributed by atoms with E-state index in [4.69, 9.17) is 0 Å². The minimum Gasteiger partial charge on any atom is -0.508 e. The Hall–Kier alpha value is -1.96. The number of hydrogen-bond donors (Lipinski definition) is 2. The van der Waals surface area contributed by atoms with Crippen molar-refractivity contribution in [1.82, 2.24) is 0 Å². The molecule has 0 saturated carbocycles. The van der Waals surface area contributed by atoms with Crippen LogP contribution in [0.2, 0.25) is 0 Å². The van der Waals surface area contributed by atoms with Gasteiger partial charge in [-0.3, -0.25) is 0 Å². The highest BCUT2D eigenvalue weighted by Crippen LogP contribution is 2.36. The first-order valence-corrected chi connectivity index (χ1v) is 6.42. The largest absolute Gasteiger partial charge is 0.508 e. The fourth-order valence-corrected chi connectivity index (χ4v) is 2.55. The van der Waals surface area contributed by atoms with Crippen molar-refractivity contribution in [3.8, 4) is 11.5 Å². The number of rotatable bonds is 2. The zero-order valence-corrected chi connectivity index (χ0v) is 11.9. The van der Waals surface area contributed by atoms with Crippen molar-refractivity contribution in [1.29, 1.82) is 0 Å². The third kappa shape index (κ3) is 2.43. The van der Waals surface area contributed by atoms with E-state index in [1.807, 2.05) is 32.0 Å². The van der Waals surface area contributed by atoms with Gasteiger partial charge < -0.3 is 10.2 Å². The summed E-state index contributed by atoms with van der Waals surface area (Å²) in [6.45, 7) is 8.21. The van der Waals surface area contributed by atoms with Gasteiger partial charge in [0.2, 0.25) is 0 Å². The number of aryl methyl sites for hydroxylation is 2. The summed E-state index contributed by atoms with van der Waals surface area (Å²) in [6, 6.07) is 11.2. The average Bonchev–Trinajstić information content (AvgIpc) is 2.32. The maximum absolute atomic E-state index is 9.64. The lowest BCUT2D eigenvalue weighted by atomic mass is 9.76. The molecule has 0 atom stereocenters. The van der Waals surface area contributed by atoms with E-state index < -0.39 is 0 Å². The van der Waals surface area contributed by atoms with Crippen LogP contribution < -0.4 is 0 Å². The predicted octanol–water partition coefficient (Wildman–Crippen LogP) is 4.04. The van der Waals surface area contributed by atoms with Crippen LogP contribution in [0.15, 0.2) is 36.4 Å². The van der Waals surface area contributed by atoms with Gasteiger partial charge in [0, 0.05) is 5.41 Å². The van der Waals surface area contributed by atoms with Gasteiger partial charge in [-0.05, 0) is 54.3 Å². The highest BCUT2D eigenvalue weighted by molar-refractivity contribution is 5.47. The van der Waals surface area contributed by atoms with E-state index >= 15 is 0 Å². The molecule has 0 spiro atoms. The van der Waals surface area contributed by atoms with Crippen LogP contribution in [0.3, 0.4) is 0 Å². The highest BCUT2D eigenvalue weighted by Gasteiger charge is 2.25. The van der Waals surface area contributed by atoms with Crippen LogP contribution in [-0.2, 0) is 5.41 Å². The summed E-state index contributed by atoms with van der Waals surface area (Å²) in [6.07, 6.45) is 0. The summed E-state index contributed by atoms with van der Waals surface area (Å²) in [7, 11) is 0. The Morgan fingerprint density at radius 3 is 2.11 bits per heavy atom. The standard InChI is InChI=1S/C17H20O2/c1-11-10-14(18)6-7-15(11)17(3,4)13-5-8-16(19)12(2)9-13/h5-10,18-19H,1-4H3. The van der Waals surface area contributed by atoms with E-state index in [9.17, 15) is 10.2 Å². The molecule has 0 aliphatic heterocycles. The van der Waals surface area contributed by atoms with Crippen molar-refractivity contribution < 1.29 is 10.2 Å². The topological polar surface area (TPSA) is 40.5 Å². The molecule has 0 unspecified atom stereocenters. The van der Waals surface area contributed by atoms with Gasteiger partial charge in [-0.1, -0.05) is 32.0 Å². The van der Waals surface area contributed by atoms with Gasteiger partial charge in [-0.25, -0.2) is 0 Å². The number of benzene rings is 2. The summed E-state index contributed by atoms with van der Waals surface area (Å²) in [5.74, 6) is 0.612. The molecule has 100 valence electrons. The quantitative estimate of drug-likeness (QED) is 0.851. The van der Waals surface area contributed by atoms with Crippen molar-refractivity contribution in [3.63, 3.8) is 0 Å². The molecule has 2 aromatic carbocycles. The van der Waals surface area contributed by atoms with Crippen molar-refractivity contribution >= 4 is 0 Å². The molecule has 0 radical (unpaired) electrons. The molecular weight excluding hydrogens is 236 g/mol. The smallest absolute Gasteiger partial charge is 0.118 e. The van der Waals surface area contributed by atoms with Gasteiger partial charge in [0.15, 0.2) is 0 Å². The zero-order valence-electron chi connectivity index (χ0n) is 11.9. The maximum Gasteiger partial charge on any atom is 0.118 e. The van der Waals surface area contributed by atoms with Crippen molar-refractivity contribution in [2.24, 2.45) is 0 Å². The number of phenolic OH excluding ortho intramolecular Hbond substituents is 2. The van der Waals surface area contributed by atoms with E-state index in [0.29, 0.717) is 11.5 Å². The minimum atomic E-state index is -0.170. The van der Waals surface area contributed by atoms with Crippen molar-refractivity contribution in [2.75, 3.05) is 0 Å². The van der Waals surface area contributed by atoms with Crippen LogP contribution in [0.4, 0.5) is 0 Å². The van der Waals surface area contributed by atoms with E-state index in [1.54, 1.807) is 18.2 Å². The second-order valence-electron chi connectivity index (χ2n) is 5.63. The van der Waals surface area contributed by atoms with Gasteiger partial charge in [-0.2, -0.15) is 0 Å². The molecule has 0 aliphatic carbocycles. The SMILES string of the molecule is Cc1cc(C(C)(C)c2ccc(O)cc2C)ccc1O. The molecule has 0 bridgehead atoms. The zero-order chi connectivity index (χ0) is 14.2. The Kier molecular flexibility index (Phi) is 3.27.